The van der Waals surface area contributed by atoms with E-state index in [-0.39, 0.29) is 29.9 Å². The summed E-state index contributed by atoms with van der Waals surface area (Å²) in [6.07, 6.45) is 4.12. The molecule has 0 spiro atoms. The van der Waals surface area contributed by atoms with E-state index in [0.29, 0.717) is 30.2 Å². The Hall–Kier alpha value is -4.07. The van der Waals surface area contributed by atoms with Crippen molar-refractivity contribution in [2.75, 3.05) is 18.4 Å². The molecule has 2 amide bonds. The average Bonchev–Trinajstić information content (AvgIpc) is 3.17. The van der Waals surface area contributed by atoms with Crippen LogP contribution in [0.1, 0.15) is 29.8 Å². The van der Waals surface area contributed by atoms with Gasteiger partial charge in [-0.05, 0) is 25.0 Å². The van der Waals surface area contributed by atoms with Gasteiger partial charge in [0.15, 0.2) is 5.82 Å². The van der Waals surface area contributed by atoms with Crippen LogP contribution in [0.4, 0.5) is 10.2 Å². The average molecular weight is 422 g/mol. The SMILES string of the molecule is N#CCC(=O)N1CCCC(Nc2cc(C(N)=O)nc(-c3cnc4ccc(F)cn34)n2)C1. The van der Waals surface area contributed by atoms with Gasteiger partial charge in [-0.1, -0.05) is 0 Å². The Labute approximate surface area is 176 Å². The number of nitrogens with two attached hydrogens (primary N) is 1. The zero-order chi connectivity index (χ0) is 22.0. The predicted molar refractivity (Wildman–Crippen MR) is 108 cm³/mol. The van der Waals surface area contributed by atoms with Crippen molar-refractivity contribution in [3.05, 3.63) is 42.1 Å². The molecule has 1 atom stereocenters. The number of carbonyl (C=O) groups excluding carboxylic acids is 2. The number of aromatic nitrogens is 4. The first-order chi connectivity index (χ1) is 14.9. The van der Waals surface area contributed by atoms with Gasteiger partial charge in [0.2, 0.25) is 5.91 Å². The van der Waals surface area contributed by atoms with E-state index in [9.17, 15) is 14.0 Å². The highest BCUT2D eigenvalue weighted by molar-refractivity contribution is 5.92. The van der Waals surface area contributed by atoms with E-state index < -0.39 is 11.7 Å². The van der Waals surface area contributed by atoms with Crippen LogP contribution in [0.2, 0.25) is 0 Å². The van der Waals surface area contributed by atoms with Crippen LogP contribution in [0.3, 0.4) is 0 Å². The molecule has 0 aromatic carbocycles. The van der Waals surface area contributed by atoms with Crippen molar-refractivity contribution in [3.8, 4) is 17.6 Å². The normalized spacial score (nSPS) is 16.1. The quantitative estimate of drug-likeness (QED) is 0.632. The number of nitrogens with zero attached hydrogens (tertiary/aromatic N) is 6. The van der Waals surface area contributed by atoms with Crippen LogP contribution in [0.15, 0.2) is 30.6 Å². The third-order valence-electron chi connectivity index (χ3n) is 5.03. The molecule has 4 heterocycles. The van der Waals surface area contributed by atoms with Gasteiger partial charge in [0.1, 0.15) is 35.1 Å². The molecular weight excluding hydrogens is 403 g/mol. The summed E-state index contributed by atoms with van der Waals surface area (Å²) >= 11 is 0. The Kier molecular flexibility index (Phi) is 5.44. The van der Waals surface area contributed by atoms with Crippen LogP contribution >= 0.6 is 0 Å². The van der Waals surface area contributed by atoms with Crippen molar-refractivity contribution in [3.63, 3.8) is 0 Å². The Bertz CT molecular complexity index is 1200. The van der Waals surface area contributed by atoms with Gasteiger partial charge >= 0.3 is 0 Å². The molecule has 3 aromatic heterocycles. The first-order valence-electron chi connectivity index (χ1n) is 9.67. The van der Waals surface area contributed by atoms with Crippen molar-refractivity contribution in [2.24, 2.45) is 5.73 Å². The first kappa shape index (κ1) is 20.2. The molecule has 11 heteroatoms. The highest BCUT2D eigenvalue weighted by atomic mass is 19.1. The highest BCUT2D eigenvalue weighted by Crippen LogP contribution is 2.22. The lowest BCUT2D eigenvalue weighted by molar-refractivity contribution is -0.131. The van der Waals surface area contributed by atoms with Gasteiger partial charge in [-0.25, -0.2) is 19.3 Å². The molecule has 158 valence electrons. The Morgan fingerprint density at radius 2 is 2.19 bits per heavy atom. The summed E-state index contributed by atoms with van der Waals surface area (Å²) in [4.78, 5) is 38.4. The van der Waals surface area contributed by atoms with Gasteiger partial charge in [0, 0.05) is 31.4 Å². The highest BCUT2D eigenvalue weighted by Gasteiger charge is 2.24. The van der Waals surface area contributed by atoms with Crippen molar-refractivity contribution in [1.82, 2.24) is 24.3 Å². The van der Waals surface area contributed by atoms with Gasteiger partial charge in [-0.15, -0.1) is 0 Å². The van der Waals surface area contributed by atoms with Gasteiger partial charge < -0.3 is 16.0 Å². The van der Waals surface area contributed by atoms with Crippen LogP contribution in [0, 0.1) is 17.1 Å². The fourth-order valence-electron chi connectivity index (χ4n) is 3.59. The van der Waals surface area contributed by atoms with E-state index in [4.69, 9.17) is 11.0 Å². The molecule has 0 radical (unpaired) electrons. The number of piperidine rings is 1. The van der Waals surface area contributed by atoms with Crippen molar-refractivity contribution >= 4 is 23.3 Å². The van der Waals surface area contributed by atoms with Crippen LogP contribution in [0.25, 0.3) is 17.2 Å². The standard InChI is InChI=1S/C20H19FN8O2/c21-12-3-4-17-24-9-15(29(17)10-12)20-26-14(19(23)31)8-16(27-20)25-13-2-1-7-28(11-13)18(30)5-6-22/h3-4,8-10,13H,1-2,5,7,11H2,(H2,23,31)(H,25,26,27). The molecule has 0 aliphatic carbocycles. The lowest BCUT2D eigenvalue weighted by Crippen LogP contribution is -2.45. The number of hydrogen-bond donors (Lipinski definition) is 2. The molecule has 10 nitrogen and oxygen atoms in total. The van der Waals surface area contributed by atoms with Crippen LogP contribution < -0.4 is 11.1 Å². The first-order valence-corrected chi connectivity index (χ1v) is 9.67. The second kappa shape index (κ2) is 8.35. The summed E-state index contributed by atoms with van der Waals surface area (Å²) < 4.78 is 15.2. The minimum atomic E-state index is -0.735. The minimum absolute atomic E-state index is 0.00734. The van der Waals surface area contributed by atoms with E-state index in [1.807, 2.05) is 6.07 Å². The molecule has 1 aliphatic rings. The molecule has 1 unspecified atom stereocenters. The van der Waals surface area contributed by atoms with E-state index >= 15 is 0 Å². The summed E-state index contributed by atoms with van der Waals surface area (Å²) in [5.74, 6) is -0.903. The maximum absolute atomic E-state index is 13.7. The van der Waals surface area contributed by atoms with Crippen LogP contribution in [-0.4, -0.2) is 55.2 Å². The predicted octanol–water partition coefficient (Wildman–Crippen LogP) is 1.35. The topological polar surface area (TPSA) is 142 Å². The monoisotopic (exact) mass is 422 g/mol. The summed E-state index contributed by atoms with van der Waals surface area (Å²) in [6, 6.07) is 6.00. The smallest absolute Gasteiger partial charge is 0.267 e. The Balaban J connectivity index is 1.65. The largest absolute Gasteiger partial charge is 0.365 e. The zero-order valence-corrected chi connectivity index (χ0v) is 16.5. The molecule has 0 bridgehead atoms. The number of fused-ring (bicyclic) bond motifs is 1. The lowest BCUT2D eigenvalue weighted by Gasteiger charge is -2.33. The lowest BCUT2D eigenvalue weighted by atomic mass is 10.1. The van der Waals surface area contributed by atoms with Crippen molar-refractivity contribution < 1.29 is 14.0 Å². The number of nitrogens with one attached hydrogen (secondary N) is 1. The van der Waals surface area contributed by atoms with Gasteiger partial charge in [0.25, 0.3) is 5.91 Å². The molecule has 3 aromatic rings. The number of hydrogen-bond acceptors (Lipinski definition) is 7. The summed E-state index contributed by atoms with van der Waals surface area (Å²) in [7, 11) is 0. The number of rotatable bonds is 5. The number of likely N-dealkylation sites (tertiary alicyclic amines) is 1. The second-order valence-electron chi connectivity index (χ2n) is 7.20. The number of primary amides is 1. The minimum Gasteiger partial charge on any atom is -0.365 e. The number of halogens is 1. The van der Waals surface area contributed by atoms with E-state index in [1.54, 1.807) is 4.90 Å². The van der Waals surface area contributed by atoms with E-state index in [1.165, 1.54) is 35.0 Å². The third-order valence-corrected chi connectivity index (χ3v) is 5.03. The molecule has 31 heavy (non-hydrogen) atoms. The van der Waals surface area contributed by atoms with Crippen molar-refractivity contribution in [2.45, 2.75) is 25.3 Å². The zero-order valence-electron chi connectivity index (χ0n) is 16.5. The van der Waals surface area contributed by atoms with Gasteiger partial charge in [-0.2, -0.15) is 5.26 Å². The van der Waals surface area contributed by atoms with Gasteiger partial charge in [0.05, 0.1) is 12.3 Å². The van der Waals surface area contributed by atoms with Crippen LogP contribution in [-0.2, 0) is 4.79 Å². The number of carbonyl (C=O) groups is 2. The number of anilines is 1. The second-order valence-corrected chi connectivity index (χ2v) is 7.20. The molecule has 4 rings (SSSR count). The number of amides is 2. The fraction of sp³-hybridized carbons (Fsp3) is 0.300. The maximum atomic E-state index is 13.7. The van der Waals surface area contributed by atoms with Crippen LogP contribution in [0.5, 0.6) is 0 Å². The molecular formula is C20H19FN8O2. The number of pyridine rings is 1. The summed E-state index contributed by atoms with van der Waals surface area (Å²) in [5.41, 5.74) is 6.34. The fourth-order valence-corrected chi connectivity index (χ4v) is 3.59. The maximum Gasteiger partial charge on any atom is 0.267 e. The Morgan fingerprint density at radius 1 is 1.35 bits per heavy atom. The van der Waals surface area contributed by atoms with Gasteiger partial charge in [-0.3, -0.25) is 14.0 Å². The summed E-state index contributed by atoms with van der Waals surface area (Å²) in [5, 5.41) is 12.0. The van der Waals surface area contributed by atoms with E-state index in [2.05, 4.69) is 20.3 Å². The van der Waals surface area contributed by atoms with E-state index in [0.717, 1.165) is 12.8 Å². The third kappa shape index (κ3) is 4.28. The number of imidazole rings is 1. The molecule has 1 fully saturated rings. The number of nitriles is 1. The molecule has 1 aliphatic heterocycles. The molecule has 0 saturated carbocycles. The Morgan fingerprint density at radius 3 is 2.97 bits per heavy atom. The molecule has 3 N–H and O–H groups in total. The summed E-state index contributed by atoms with van der Waals surface area (Å²) in [6.45, 7) is 1.00. The molecule has 1 saturated heterocycles. The van der Waals surface area contributed by atoms with Crippen molar-refractivity contribution in [1.29, 1.82) is 5.26 Å².